The third-order valence-electron chi connectivity index (χ3n) is 2.45. The Labute approximate surface area is 120 Å². The predicted molar refractivity (Wildman–Crippen MR) is 82.6 cm³/mol. The molecule has 0 aliphatic heterocycles. The Morgan fingerprint density at radius 2 is 2.00 bits per heavy atom. The number of nitrogens with one attached hydrogen (secondary N) is 2. The Hall–Kier alpha value is -1.07. The zero-order valence-corrected chi connectivity index (χ0v) is 12.6. The zero-order chi connectivity index (χ0) is 12.8. The third-order valence-corrected chi connectivity index (χ3v) is 4.13. The minimum atomic E-state index is 0.911. The first-order valence-corrected chi connectivity index (χ1v) is 7.56. The number of halogens is 1. The van der Waals surface area contributed by atoms with E-state index in [1.54, 1.807) is 11.3 Å². The normalized spacial score (nSPS) is 10.3. The van der Waals surface area contributed by atoms with Crippen LogP contribution in [0.2, 0.25) is 0 Å². The fraction of sp³-hybridized carbons (Fsp3) is 0.308. The Morgan fingerprint density at radius 3 is 2.67 bits per heavy atom. The molecule has 2 aromatic heterocycles. The molecule has 0 saturated carbocycles. The lowest BCUT2D eigenvalue weighted by atomic mass is 10.3. The van der Waals surface area contributed by atoms with Crippen LogP contribution in [0.3, 0.4) is 0 Å². The smallest absolute Gasteiger partial charge is 0.0701 e. The van der Waals surface area contributed by atoms with Crippen molar-refractivity contribution in [3.05, 3.63) is 39.3 Å². The van der Waals surface area contributed by atoms with Crippen molar-refractivity contribution in [3.63, 3.8) is 0 Å². The van der Waals surface area contributed by atoms with E-state index in [4.69, 9.17) is 0 Å². The summed E-state index contributed by atoms with van der Waals surface area (Å²) in [6, 6.07) is 6.33. The average molecular weight is 326 g/mol. The van der Waals surface area contributed by atoms with Crippen molar-refractivity contribution in [2.75, 3.05) is 23.7 Å². The summed E-state index contributed by atoms with van der Waals surface area (Å²) in [5.74, 6) is 0. The molecule has 0 unspecified atom stereocenters. The molecular formula is C13H16BrN3S. The fourth-order valence-corrected chi connectivity index (χ4v) is 3.14. The average Bonchev–Trinajstić information content (AvgIpc) is 2.76. The highest BCUT2D eigenvalue weighted by Gasteiger charge is 1.99. The Kier molecular flexibility index (Phi) is 5.01. The molecule has 0 aromatic carbocycles. The second kappa shape index (κ2) is 6.75. The maximum Gasteiger partial charge on any atom is 0.0701 e. The van der Waals surface area contributed by atoms with Crippen LogP contribution in [0.1, 0.15) is 11.8 Å². The molecule has 5 heteroatoms. The van der Waals surface area contributed by atoms with E-state index >= 15 is 0 Å². The number of nitrogens with zero attached hydrogens (tertiary/aromatic N) is 1. The largest absolute Gasteiger partial charge is 0.384 e. The number of thiophene rings is 1. The zero-order valence-electron chi connectivity index (χ0n) is 10.2. The van der Waals surface area contributed by atoms with Gasteiger partial charge in [0.25, 0.3) is 0 Å². The molecule has 0 radical (unpaired) electrons. The Balaban J connectivity index is 1.84. The van der Waals surface area contributed by atoms with E-state index in [1.165, 1.54) is 8.66 Å². The molecule has 0 saturated heterocycles. The highest BCUT2D eigenvalue weighted by Crippen LogP contribution is 2.22. The monoisotopic (exact) mass is 325 g/mol. The van der Waals surface area contributed by atoms with Crippen molar-refractivity contribution in [1.29, 1.82) is 0 Å². The molecule has 0 aliphatic carbocycles. The van der Waals surface area contributed by atoms with E-state index in [1.807, 2.05) is 12.4 Å². The molecule has 2 rings (SSSR count). The molecule has 0 amide bonds. The maximum atomic E-state index is 4.20. The standard InChI is InChI=1S/C13H16BrN3S/c1-2-16-10-7-11(9-15-8-10)17-6-5-12-3-4-13(14)18-12/h3-4,7-9,16-17H,2,5-6H2,1H3. The Morgan fingerprint density at radius 1 is 1.22 bits per heavy atom. The van der Waals surface area contributed by atoms with Gasteiger partial charge in [0, 0.05) is 18.0 Å². The van der Waals surface area contributed by atoms with Gasteiger partial charge in [-0.25, -0.2) is 0 Å². The number of rotatable bonds is 6. The van der Waals surface area contributed by atoms with Crippen molar-refractivity contribution < 1.29 is 0 Å². The molecule has 2 heterocycles. The summed E-state index contributed by atoms with van der Waals surface area (Å²) in [7, 11) is 0. The molecule has 0 spiro atoms. The molecule has 0 bridgehead atoms. The predicted octanol–water partition coefficient (Wildman–Crippen LogP) is 3.99. The molecule has 96 valence electrons. The summed E-state index contributed by atoms with van der Waals surface area (Å²) in [6.07, 6.45) is 4.72. The lowest BCUT2D eigenvalue weighted by molar-refractivity contribution is 1.04. The van der Waals surface area contributed by atoms with Crippen LogP contribution in [0.5, 0.6) is 0 Å². The number of hydrogen-bond donors (Lipinski definition) is 2. The number of pyridine rings is 1. The van der Waals surface area contributed by atoms with Gasteiger partial charge in [-0.1, -0.05) is 0 Å². The highest BCUT2D eigenvalue weighted by atomic mass is 79.9. The molecule has 0 atom stereocenters. The van der Waals surface area contributed by atoms with Crippen LogP contribution in [-0.2, 0) is 6.42 Å². The van der Waals surface area contributed by atoms with Crippen molar-refractivity contribution in [2.24, 2.45) is 0 Å². The first-order chi connectivity index (χ1) is 8.78. The van der Waals surface area contributed by atoms with Gasteiger partial charge in [-0.3, -0.25) is 4.98 Å². The molecule has 18 heavy (non-hydrogen) atoms. The van der Waals surface area contributed by atoms with Crippen molar-refractivity contribution in [3.8, 4) is 0 Å². The second-order valence-corrected chi connectivity index (χ2v) is 6.42. The minimum absolute atomic E-state index is 0.911. The van der Waals surface area contributed by atoms with Crippen LogP contribution in [0.15, 0.2) is 34.4 Å². The van der Waals surface area contributed by atoms with Gasteiger partial charge in [-0.05, 0) is 47.5 Å². The van der Waals surface area contributed by atoms with Gasteiger partial charge in [-0.2, -0.15) is 0 Å². The van der Waals surface area contributed by atoms with Gasteiger partial charge in [0.1, 0.15) is 0 Å². The van der Waals surface area contributed by atoms with Gasteiger partial charge >= 0.3 is 0 Å². The van der Waals surface area contributed by atoms with E-state index in [9.17, 15) is 0 Å². The van der Waals surface area contributed by atoms with E-state index < -0.39 is 0 Å². The molecule has 0 aliphatic rings. The van der Waals surface area contributed by atoms with Crippen LogP contribution in [-0.4, -0.2) is 18.1 Å². The number of aromatic nitrogens is 1. The van der Waals surface area contributed by atoms with Crippen LogP contribution >= 0.6 is 27.3 Å². The number of anilines is 2. The lowest BCUT2D eigenvalue weighted by Crippen LogP contribution is -2.05. The van der Waals surface area contributed by atoms with Crippen LogP contribution in [0.25, 0.3) is 0 Å². The van der Waals surface area contributed by atoms with Gasteiger partial charge in [0.15, 0.2) is 0 Å². The van der Waals surface area contributed by atoms with Crippen molar-refractivity contribution in [2.45, 2.75) is 13.3 Å². The molecule has 0 fully saturated rings. The fourth-order valence-electron chi connectivity index (χ4n) is 1.65. The molecule has 2 aromatic rings. The quantitative estimate of drug-likeness (QED) is 0.843. The van der Waals surface area contributed by atoms with Crippen molar-refractivity contribution >= 4 is 38.6 Å². The third kappa shape index (κ3) is 3.99. The number of hydrogen-bond acceptors (Lipinski definition) is 4. The summed E-state index contributed by atoms with van der Waals surface area (Å²) in [5, 5.41) is 6.64. The summed E-state index contributed by atoms with van der Waals surface area (Å²) in [6.45, 7) is 3.91. The molecule has 3 nitrogen and oxygen atoms in total. The van der Waals surface area contributed by atoms with Gasteiger partial charge in [-0.15, -0.1) is 11.3 Å². The van der Waals surface area contributed by atoms with E-state index in [2.05, 4.69) is 56.7 Å². The van der Waals surface area contributed by atoms with Crippen LogP contribution in [0.4, 0.5) is 11.4 Å². The first-order valence-electron chi connectivity index (χ1n) is 5.95. The van der Waals surface area contributed by atoms with Gasteiger partial charge in [0.05, 0.1) is 27.6 Å². The topological polar surface area (TPSA) is 37.0 Å². The van der Waals surface area contributed by atoms with E-state index in [0.29, 0.717) is 0 Å². The van der Waals surface area contributed by atoms with Crippen LogP contribution in [0, 0.1) is 0 Å². The SMILES string of the molecule is CCNc1cncc(NCCc2ccc(Br)s2)c1. The van der Waals surface area contributed by atoms with E-state index in [-0.39, 0.29) is 0 Å². The Bertz CT molecular complexity index is 498. The highest BCUT2D eigenvalue weighted by molar-refractivity contribution is 9.11. The minimum Gasteiger partial charge on any atom is -0.384 e. The van der Waals surface area contributed by atoms with Gasteiger partial charge in [0.2, 0.25) is 0 Å². The van der Waals surface area contributed by atoms with Gasteiger partial charge < -0.3 is 10.6 Å². The van der Waals surface area contributed by atoms with Crippen LogP contribution < -0.4 is 10.6 Å². The summed E-state index contributed by atoms with van der Waals surface area (Å²) in [4.78, 5) is 5.58. The summed E-state index contributed by atoms with van der Waals surface area (Å²) in [5.41, 5.74) is 2.12. The maximum absolute atomic E-state index is 4.20. The molecular weight excluding hydrogens is 310 g/mol. The summed E-state index contributed by atoms with van der Waals surface area (Å²) >= 11 is 5.26. The molecule has 2 N–H and O–H groups in total. The first kappa shape index (κ1) is 13.4. The lowest BCUT2D eigenvalue weighted by Gasteiger charge is -2.07. The van der Waals surface area contributed by atoms with E-state index in [0.717, 1.165) is 30.9 Å². The van der Waals surface area contributed by atoms with Crippen molar-refractivity contribution in [1.82, 2.24) is 4.98 Å². The second-order valence-electron chi connectivity index (χ2n) is 3.88. The summed E-state index contributed by atoms with van der Waals surface area (Å²) < 4.78 is 1.19.